The van der Waals surface area contributed by atoms with Gasteiger partial charge in [-0.05, 0) is 6.42 Å². The highest BCUT2D eigenvalue weighted by molar-refractivity contribution is 6.03. The fourth-order valence-corrected chi connectivity index (χ4v) is 6.38. The summed E-state index contributed by atoms with van der Waals surface area (Å²) in [6, 6.07) is 0. The Morgan fingerprint density at radius 2 is 0.526 bits per heavy atom. The van der Waals surface area contributed by atoms with Gasteiger partial charge >= 0.3 is 47.8 Å². The molecule has 0 radical (unpaired) electrons. The summed E-state index contributed by atoms with van der Waals surface area (Å²) in [5.41, 5.74) is 0.271. The van der Waals surface area contributed by atoms with Gasteiger partial charge < -0.3 is 57.2 Å². The molecular weight excluding hydrogens is 1030 g/mol. The molecule has 33 heteroatoms. The van der Waals surface area contributed by atoms with E-state index in [1.165, 1.54) is 0 Å². The molecule has 4 fully saturated rings. The maximum atomic E-state index is 12.5. The van der Waals surface area contributed by atoms with Crippen molar-refractivity contribution in [3.8, 4) is 0 Å². The summed E-state index contributed by atoms with van der Waals surface area (Å²) < 4.78 is 40.8. The molecule has 76 heavy (non-hydrogen) atoms. The number of ether oxygens (including phenoxy) is 8. The van der Waals surface area contributed by atoms with Crippen molar-refractivity contribution < 1.29 is 129 Å². The van der Waals surface area contributed by atoms with Gasteiger partial charge in [-0.15, -0.1) is 20.3 Å². The summed E-state index contributed by atoms with van der Waals surface area (Å²) in [5, 5.41) is 1.64. The standard InChI is InChI=1S/C43H54N6O27/c1-28-2-3-29(50)46(28)73-40(61)24-65-20-36(57)69-16-12-44(13-17-70-37(58)21-66-25-41(62)74-47-30(51)4-5-31(47)52)10-11-45(14-18-71-38(59)22-67-26-42(63)75-48-32(53)6-7-33(48)54)15-19-72-39(60)23-68-27-43(64)76-49-34(55)8-9-35(49)56/h1-27H2. The van der Waals surface area contributed by atoms with Crippen LogP contribution >= 0.6 is 0 Å². The van der Waals surface area contributed by atoms with E-state index < -0.39 is 142 Å². The number of carbonyl (C=O) groups is 15. The van der Waals surface area contributed by atoms with Gasteiger partial charge in [0.2, 0.25) is 0 Å². The van der Waals surface area contributed by atoms with E-state index in [2.05, 4.69) is 21.1 Å². The molecule has 4 rings (SSSR count). The van der Waals surface area contributed by atoms with Crippen molar-refractivity contribution in [2.24, 2.45) is 0 Å². The normalized spacial score (nSPS) is 15.6. The van der Waals surface area contributed by atoms with Crippen LogP contribution in [-0.2, 0) is 129 Å². The second-order valence-corrected chi connectivity index (χ2v) is 15.9. The van der Waals surface area contributed by atoms with E-state index in [0.717, 1.165) is 5.06 Å². The molecule has 0 aromatic heterocycles. The Kier molecular flexibility index (Phi) is 25.4. The lowest BCUT2D eigenvalue weighted by Gasteiger charge is -2.27. The van der Waals surface area contributed by atoms with Crippen molar-refractivity contribution in [3.05, 3.63) is 12.3 Å². The molecule has 0 bridgehead atoms. The minimum atomic E-state index is -1.14. The summed E-state index contributed by atoms with van der Waals surface area (Å²) in [4.78, 5) is 202. The third-order valence-corrected chi connectivity index (χ3v) is 10.1. The Morgan fingerprint density at radius 3 is 0.763 bits per heavy atom. The van der Waals surface area contributed by atoms with Crippen LogP contribution in [0.25, 0.3) is 0 Å². The van der Waals surface area contributed by atoms with Gasteiger partial charge in [0.15, 0.2) is 0 Å². The average Bonchev–Trinajstić information content (AvgIpc) is 4.08. The number of nitrogens with zero attached hydrogens (tertiary/aromatic N) is 6. The summed E-state index contributed by atoms with van der Waals surface area (Å²) in [6.45, 7) is -3.71. The van der Waals surface area contributed by atoms with Crippen LogP contribution in [0, 0.1) is 0 Å². The van der Waals surface area contributed by atoms with Crippen LogP contribution in [0.1, 0.15) is 51.4 Å². The lowest BCUT2D eigenvalue weighted by molar-refractivity contribution is -0.200. The second kappa shape index (κ2) is 31.8. The molecule has 0 spiro atoms. The van der Waals surface area contributed by atoms with Gasteiger partial charge in [-0.3, -0.25) is 43.4 Å². The molecule has 33 nitrogen and oxygen atoms in total. The number of hydrogen-bond donors (Lipinski definition) is 0. The largest absolute Gasteiger partial charge is 0.463 e. The third kappa shape index (κ3) is 21.9. The highest BCUT2D eigenvalue weighted by Gasteiger charge is 2.35. The van der Waals surface area contributed by atoms with Gasteiger partial charge in [-0.1, -0.05) is 6.58 Å². The van der Waals surface area contributed by atoms with E-state index in [-0.39, 0.29) is 116 Å². The Hall–Kier alpha value is -7.85. The van der Waals surface area contributed by atoms with Crippen LogP contribution in [0.3, 0.4) is 0 Å². The summed E-state index contributed by atoms with van der Waals surface area (Å²) in [5.74, 6) is -12.9. The first kappa shape index (κ1) is 60.7. The molecular formula is C43H54N6O27. The molecule has 418 valence electrons. The zero-order valence-electron chi connectivity index (χ0n) is 40.8. The molecule has 4 aliphatic rings. The predicted molar refractivity (Wildman–Crippen MR) is 233 cm³/mol. The van der Waals surface area contributed by atoms with Crippen LogP contribution in [0.5, 0.6) is 0 Å². The van der Waals surface area contributed by atoms with Crippen molar-refractivity contribution in [3.63, 3.8) is 0 Å². The number of rotatable bonds is 35. The first-order valence-electron chi connectivity index (χ1n) is 23.1. The van der Waals surface area contributed by atoms with Gasteiger partial charge in [-0.2, -0.15) is 0 Å². The zero-order valence-corrected chi connectivity index (χ0v) is 40.8. The molecule has 0 atom stereocenters. The first-order chi connectivity index (χ1) is 36.3. The van der Waals surface area contributed by atoms with Gasteiger partial charge in [0.05, 0.1) is 5.70 Å². The van der Waals surface area contributed by atoms with E-state index in [1.807, 2.05) is 0 Å². The molecule has 4 heterocycles. The van der Waals surface area contributed by atoms with Crippen molar-refractivity contribution in [1.29, 1.82) is 0 Å². The molecule has 0 N–H and O–H groups in total. The monoisotopic (exact) mass is 1090 g/mol. The van der Waals surface area contributed by atoms with E-state index in [0.29, 0.717) is 21.6 Å². The van der Waals surface area contributed by atoms with E-state index >= 15 is 0 Å². The number of esters is 4. The maximum absolute atomic E-state index is 12.5. The predicted octanol–water partition coefficient (Wildman–Crippen LogP) is -4.75. The molecule has 0 saturated carbocycles. The maximum Gasteiger partial charge on any atom is 0.358 e. The second-order valence-electron chi connectivity index (χ2n) is 15.9. The zero-order chi connectivity index (χ0) is 55.6. The van der Waals surface area contributed by atoms with E-state index in [1.54, 1.807) is 9.80 Å². The first-order valence-corrected chi connectivity index (χ1v) is 23.1. The van der Waals surface area contributed by atoms with E-state index in [4.69, 9.17) is 42.7 Å². The molecule has 0 aromatic rings. The SMILES string of the molecule is C=C1CCC(=O)N1OC(=O)COCC(=O)OCCN(CCOC(=O)COCC(=O)ON1C(=O)CCC1=O)CCN(CCOC(=O)COCC(=O)ON1C(=O)CCC1=O)CCOC(=O)COCC(=O)ON1C(=O)CCC1=O. The van der Waals surface area contributed by atoms with Crippen LogP contribution < -0.4 is 0 Å². The number of hydroxylamine groups is 8. The highest BCUT2D eigenvalue weighted by Crippen LogP contribution is 2.21. The summed E-state index contributed by atoms with van der Waals surface area (Å²) in [7, 11) is 0. The number of carbonyl (C=O) groups excluding carboxylic acids is 15. The lowest BCUT2D eigenvalue weighted by Crippen LogP contribution is -2.41. The van der Waals surface area contributed by atoms with Crippen molar-refractivity contribution in [1.82, 2.24) is 30.1 Å². The Balaban J connectivity index is 1.28. The number of allylic oxidation sites excluding steroid dienone is 1. The van der Waals surface area contributed by atoms with Crippen LogP contribution in [0.15, 0.2) is 12.3 Å². The minimum Gasteiger partial charge on any atom is -0.463 e. The smallest absolute Gasteiger partial charge is 0.358 e. The lowest BCUT2D eigenvalue weighted by atomic mass is 10.3. The Labute approximate surface area is 430 Å². The number of imide groups is 3. The fourth-order valence-electron chi connectivity index (χ4n) is 6.38. The summed E-state index contributed by atoms with van der Waals surface area (Å²) >= 11 is 0. The van der Waals surface area contributed by atoms with E-state index in [9.17, 15) is 71.9 Å². The summed E-state index contributed by atoms with van der Waals surface area (Å²) in [6.07, 6.45) is -0.423. The quantitative estimate of drug-likeness (QED) is 0.0327. The molecule has 7 amide bonds. The topological polar surface area (TPSA) is 386 Å². The van der Waals surface area contributed by atoms with Crippen molar-refractivity contribution >= 4 is 89.1 Å². The third-order valence-electron chi connectivity index (χ3n) is 10.1. The van der Waals surface area contributed by atoms with Gasteiger partial charge in [0.1, 0.15) is 79.3 Å². The highest BCUT2D eigenvalue weighted by atomic mass is 16.8. The molecule has 0 aliphatic carbocycles. The average molecular weight is 1090 g/mol. The molecule has 0 unspecified atom stereocenters. The van der Waals surface area contributed by atoms with Crippen molar-refractivity contribution in [2.45, 2.75) is 51.4 Å². The Bertz CT molecular complexity index is 1870. The van der Waals surface area contributed by atoms with Gasteiger partial charge in [-0.25, -0.2) is 38.4 Å². The number of amides is 7. The van der Waals surface area contributed by atoms with Crippen LogP contribution in [-0.4, -0.2) is 238 Å². The Morgan fingerprint density at radius 1 is 0.316 bits per heavy atom. The van der Waals surface area contributed by atoms with Gasteiger partial charge in [0.25, 0.3) is 41.4 Å². The molecule has 0 aromatic carbocycles. The fraction of sp³-hybridized carbons (Fsp3) is 0.605. The van der Waals surface area contributed by atoms with Crippen molar-refractivity contribution in [2.75, 3.05) is 119 Å². The molecule has 4 saturated heterocycles. The van der Waals surface area contributed by atoms with Gasteiger partial charge in [0, 0.05) is 84.2 Å². The molecule has 4 aliphatic heterocycles. The minimum absolute atomic E-state index is 0.0294. The van der Waals surface area contributed by atoms with Crippen LogP contribution in [0.4, 0.5) is 0 Å². The number of hydrogen-bond acceptors (Lipinski definition) is 29. The van der Waals surface area contributed by atoms with Crippen LogP contribution in [0.2, 0.25) is 0 Å².